The second-order valence-corrected chi connectivity index (χ2v) is 6.84. The van der Waals surface area contributed by atoms with Crippen LogP contribution in [0.25, 0.3) is 0 Å². The van der Waals surface area contributed by atoms with Gasteiger partial charge >= 0.3 is 6.03 Å². The zero-order chi connectivity index (χ0) is 18.1. The zero-order valence-electron chi connectivity index (χ0n) is 14.3. The minimum absolute atomic E-state index is 0.0223. The number of carbonyl (C=O) groups excluding carboxylic acids is 1. The van der Waals surface area contributed by atoms with E-state index >= 15 is 0 Å². The number of hydrogen-bond donors (Lipinski definition) is 0. The molecule has 1 aromatic heterocycles. The van der Waals surface area contributed by atoms with Crippen LogP contribution in [0.2, 0.25) is 0 Å². The van der Waals surface area contributed by atoms with Crippen LogP contribution in [0, 0.1) is 11.6 Å². The van der Waals surface area contributed by atoms with Gasteiger partial charge in [0.15, 0.2) is 0 Å². The molecule has 0 spiro atoms. The van der Waals surface area contributed by atoms with Crippen molar-refractivity contribution in [1.29, 1.82) is 0 Å². The number of hydrogen-bond acceptors (Lipinski definition) is 3. The third-order valence-electron chi connectivity index (χ3n) is 5.05. The Balaban J connectivity index is 1.40. The van der Waals surface area contributed by atoms with Crippen molar-refractivity contribution in [1.82, 2.24) is 19.7 Å². The lowest BCUT2D eigenvalue weighted by Crippen LogP contribution is -2.51. The number of amides is 2. The van der Waals surface area contributed by atoms with Gasteiger partial charge in [-0.1, -0.05) is 12.1 Å². The van der Waals surface area contributed by atoms with E-state index in [0.29, 0.717) is 44.8 Å². The number of halogens is 2. The molecule has 4 rings (SSSR count). The average molecular weight is 358 g/mol. The summed E-state index contributed by atoms with van der Waals surface area (Å²) in [7, 11) is 0. The molecule has 2 aromatic rings. The molecule has 1 atom stereocenters. The van der Waals surface area contributed by atoms with Crippen LogP contribution in [0.5, 0.6) is 0 Å². The summed E-state index contributed by atoms with van der Waals surface area (Å²) in [6, 6.07) is 8.05. The van der Waals surface area contributed by atoms with E-state index in [1.54, 1.807) is 29.3 Å². The molecule has 136 valence electrons. The normalized spacial score (nSPS) is 20.5. The Labute approximate surface area is 150 Å². The highest BCUT2D eigenvalue weighted by Gasteiger charge is 2.40. The molecular formula is C19H20F2N4O. The first-order valence-electron chi connectivity index (χ1n) is 8.71. The lowest BCUT2D eigenvalue weighted by atomic mass is 10.1. The van der Waals surface area contributed by atoms with E-state index < -0.39 is 0 Å². The average Bonchev–Trinajstić information content (AvgIpc) is 2.94. The summed E-state index contributed by atoms with van der Waals surface area (Å²) >= 11 is 0. The topological polar surface area (TPSA) is 39.7 Å². The number of aromatic nitrogens is 1. The summed E-state index contributed by atoms with van der Waals surface area (Å²) in [5, 5.41) is 0. The third-order valence-corrected chi connectivity index (χ3v) is 5.05. The number of pyridine rings is 1. The minimum Gasteiger partial charge on any atom is -0.318 e. The quantitative estimate of drug-likeness (QED) is 0.843. The van der Waals surface area contributed by atoms with Crippen LogP contribution in [0.1, 0.15) is 11.1 Å². The molecule has 0 radical (unpaired) electrons. The summed E-state index contributed by atoms with van der Waals surface area (Å²) in [6.07, 6.45) is 2.83. The molecule has 2 fully saturated rings. The molecule has 2 aliphatic heterocycles. The first-order chi connectivity index (χ1) is 12.6. The molecule has 26 heavy (non-hydrogen) atoms. The zero-order valence-corrected chi connectivity index (χ0v) is 14.3. The Morgan fingerprint density at radius 1 is 1.04 bits per heavy atom. The highest BCUT2D eigenvalue weighted by Crippen LogP contribution is 2.23. The third kappa shape index (κ3) is 3.39. The van der Waals surface area contributed by atoms with Crippen LogP contribution >= 0.6 is 0 Å². The number of rotatable bonds is 4. The van der Waals surface area contributed by atoms with Gasteiger partial charge < -0.3 is 9.80 Å². The first-order valence-corrected chi connectivity index (χ1v) is 8.71. The molecule has 5 nitrogen and oxygen atoms in total. The Morgan fingerprint density at radius 3 is 2.62 bits per heavy atom. The lowest BCUT2D eigenvalue weighted by Gasteiger charge is -2.36. The number of carbonyl (C=O) groups is 1. The second kappa shape index (κ2) is 6.99. The molecule has 0 bridgehead atoms. The molecule has 3 heterocycles. The van der Waals surface area contributed by atoms with Gasteiger partial charge in [0.2, 0.25) is 0 Å². The lowest BCUT2D eigenvalue weighted by molar-refractivity contribution is 0.115. The van der Waals surface area contributed by atoms with E-state index in [4.69, 9.17) is 0 Å². The van der Waals surface area contributed by atoms with Crippen molar-refractivity contribution >= 4 is 6.03 Å². The molecule has 0 saturated carbocycles. The van der Waals surface area contributed by atoms with Gasteiger partial charge in [-0.15, -0.1) is 0 Å². The number of benzene rings is 1. The first kappa shape index (κ1) is 16.9. The van der Waals surface area contributed by atoms with Crippen LogP contribution in [-0.2, 0) is 13.1 Å². The minimum atomic E-state index is -0.296. The standard InChI is InChI=1S/C19H20F2N4O/c20-16-3-1-14(2-4-16)10-24-13-17-12-23(7-8-25(17)19(24)26)11-15-5-6-22-9-18(15)21/h1-6,9,17H,7-8,10-13H2/t17-/m1/s1. The monoisotopic (exact) mass is 358 g/mol. The molecule has 2 aliphatic rings. The van der Waals surface area contributed by atoms with Gasteiger partial charge in [-0.25, -0.2) is 13.6 Å². The summed E-state index contributed by atoms with van der Waals surface area (Å²) in [4.78, 5) is 22.3. The van der Waals surface area contributed by atoms with Crippen molar-refractivity contribution in [2.24, 2.45) is 0 Å². The van der Waals surface area contributed by atoms with Crippen molar-refractivity contribution in [3.63, 3.8) is 0 Å². The molecule has 2 amide bonds. The van der Waals surface area contributed by atoms with Gasteiger partial charge in [-0.05, 0) is 23.8 Å². The van der Waals surface area contributed by atoms with E-state index in [-0.39, 0.29) is 23.7 Å². The summed E-state index contributed by atoms with van der Waals surface area (Å²) < 4.78 is 26.9. The largest absolute Gasteiger partial charge is 0.320 e. The summed E-state index contributed by atoms with van der Waals surface area (Å²) in [6.45, 7) is 3.69. The van der Waals surface area contributed by atoms with Crippen molar-refractivity contribution in [2.75, 3.05) is 26.2 Å². The fourth-order valence-electron chi connectivity index (χ4n) is 3.70. The van der Waals surface area contributed by atoms with Crippen LogP contribution in [0.4, 0.5) is 13.6 Å². The Hall–Kier alpha value is -2.54. The maximum Gasteiger partial charge on any atom is 0.320 e. The van der Waals surface area contributed by atoms with Crippen LogP contribution < -0.4 is 0 Å². The van der Waals surface area contributed by atoms with Crippen LogP contribution in [0.15, 0.2) is 42.7 Å². The van der Waals surface area contributed by atoms with Crippen molar-refractivity contribution in [3.05, 3.63) is 65.5 Å². The maximum atomic E-state index is 13.8. The van der Waals surface area contributed by atoms with Crippen molar-refractivity contribution in [3.8, 4) is 0 Å². The van der Waals surface area contributed by atoms with Crippen LogP contribution in [0.3, 0.4) is 0 Å². The number of fused-ring (bicyclic) bond motifs is 1. The highest BCUT2D eigenvalue weighted by atomic mass is 19.1. The Morgan fingerprint density at radius 2 is 1.85 bits per heavy atom. The molecular weight excluding hydrogens is 338 g/mol. The van der Waals surface area contributed by atoms with Gasteiger partial charge in [-0.2, -0.15) is 0 Å². The second-order valence-electron chi connectivity index (χ2n) is 6.84. The highest BCUT2D eigenvalue weighted by molar-refractivity contribution is 5.77. The summed E-state index contributed by atoms with van der Waals surface area (Å²) in [5.41, 5.74) is 1.54. The molecule has 2 saturated heterocycles. The predicted octanol–water partition coefficient (Wildman–Crippen LogP) is 2.48. The van der Waals surface area contributed by atoms with Gasteiger partial charge in [-0.3, -0.25) is 9.88 Å². The van der Waals surface area contributed by atoms with E-state index in [9.17, 15) is 13.6 Å². The SMILES string of the molecule is O=C1N(Cc2ccc(F)cc2)C[C@H]2CN(Cc3ccncc3F)CCN12. The number of nitrogens with zero attached hydrogens (tertiary/aromatic N) is 4. The van der Waals surface area contributed by atoms with Gasteiger partial charge in [0.25, 0.3) is 0 Å². The van der Waals surface area contributed by atoms with Crippen LogP contribution in [-0.4, -0.2) is 57.9 Å². The van der Waals surface area contributed by atoms with E-state index in [0.717, 1.165) is 5.56 Å². The number of piperazine rings is 1. The van der Waals surface area contributed by atoms with E-state index in [1.165, 1.54) is 18.3 Å². The smallest absolute Gasteiger partial charge is 0.318 e. The number of urea groups is 1. The molecule has 0 aliphatic carbocycles. The molecule has 1 aromatic carbocycles. The Kier molecular flexibility index (Phi) is 4.55. The molecule has 0 unspecified atom stereocenters. The van der Waals surface area contributed by atoms with Gasteiger partial charge in [0, 0.05) is 51.0 Å². The fraction of sp³-hybridized carbons (Fsp3) is 0.368. The van der Waals surface area contributed by atoms with Gasteiger partial charge in [0.1, 0.15) is 11.6 Å². The Bertz CT molecular complexity index is 798. The van der Waals surface area contributed by atoms with E-state index in [1.807, 2.05) is 4.90 Å². The summed E-state index contributed by atoms with van der Waals surface area (Å²) in [5.74, 6) is -0.576. The van der Waals surface area contributed by atoms with Crippen molar-refractivity contribution in [2.45, 2.75) is 19.1 Å². The van der Waals surface area contributed by atoms with Gasteiger partial charge in [0.05, 0.1) is 12.2 Å². The van der Waals surface area contributed by atoms with E-state index in [2.05, 4.69) is 9.88 Å². The predicted molar refractivity (Wildman–Crippen MR) is 92.2 cm³/mol. The maximum absolute atomic E-state index is 13.8. The molecule has 0 N–H and O–H groups in total. The fourth-order valence-corrected chi connectivity index (χ4v) is 3.70. The van der Waals surface area contributed by atoms with Crippen molar-refractivity contribution < 1.29 is 13.6 Å². The molecule has 7 heteroatoms.